The van der Waals surface area contributed by atoms with E-state index in [4.69, 9.17) is 0 Å². The number of para-hydroxylation sites is 1. The summed E-state index contributed by atoms with van der Waals surface area (Å²) in [7, 11) is -3.78. The van der Waals surface area contributed by atoms with Crippen molar-refractivity contribution in [3.05, 3.63) is 70.5 Å². The summed E-state index contributed by atoms with van der Waals surface area (Å²) in [6.07, 6.45) is 3.97. The molecule has 0 radical (unpaired) electrons. The first-order valence-corrected chi connectivity index (χ1v) is 12.3. The minimum Gasteiger partial charge on any atom is -0.324 e. The predicted molar refractivity (Wildman–Crippen MR) is 123 cm³/mol. The normalized spacial score (nSPS) is 15.0. The number of nitrogens with one attached hydrogen (secondary N) is 1. The molecule has 0 saturated carbocycles. The lowest BCUT2D eigenvalue weighted by molar-refractivity contribution is -0.116. The van der Waals surface area contributed by atoms with Crippen LogP contribution in [0.1, 0.15) is 34.5 Å². The first-order valence-electron chi connectivity index (χ1n) is 10.9. The van der Waals surface area contributed by atoms with Crippen molar-refractivity contribution >= 4 is 27.3 Å². The maximum Gasteiger partial charge on any atom is 0.268 e. The van der Waals surface area contributed by atoms with Crippen molar-refractivity contribution < 1.29 is 13.2 Å². The van der Waals surface area contributed by atoms with Crippen LogP contribution in [0.2, 0.25) is 0 Å². The van der Waals surface area contributed by atoms with Crippen LogP contribution in [0.5, 0.6) is 0 Å². The van der Waals surface area contributed by atoms with Crippen molar-refractivity contribution in [1.29, 1.82) is 0 Å². The van der Waals surface area contributed by atoms with Gasteiger partial charge in [0.05, 0.1) is 17.1 Å². The van der Waals surface area contributed by atoms with Gasteiger partial charge in [-0.1, -0.05) is 24.3 Å². The summed E-state index contributed by atoms with van der Waals surface area (Å²) in [6, 6.07) is 13.6. The monoisotopic (exact) mass is 450 g/mol. The minimum absolute atomic E-state index is 0.0458. The fourth-order valence-corrected chi connectivity index (χ4v) is 6.74. The SMILES string of the molecule is Cc1nn(CC(=O)Nc2ccc3c(c2)CCC3)c(C)c1S(=O)(=O)N1CCc2ccccc21. The van der Waals surface area contributed by atoms with Crippen LogP contribution in [0, 0.1) is 13.8 Å². The van der Waals surface area contributed by atoms with Crippen molar-refractivity contribution in [2.24, 2.45) is 0 Å². The Morgan fingerprint density at radius 1 is 1.03 bits per heavy atom. The number of hydrogen-bond donors (Lipinski definition) is 1. The summed E-state index contributed by atoms with van der Waals surface area (Å²) in [5.74, 6) is -0.232. The predicted octanol–water partition coefficient (Wildman–Crippen LogP) is 3.38. The van der Waals surface area contributed by atoms with Crippen molar-refractivity contribution in [2.45, 2.75) is 51.0 Å². The molecule has 32 heavy (non-hydrogen) atoms. The van der Waals surface area contributed by atoms with Gasteiger partial charge in [-0.2, -0.15) is 5.10 Å². The molecule has 3 aromatic rings. The number of rotatable bonds is 5. The van der Waals surface area contributed by atoms with Gasteiger partial charge in [-0.15, -0.1) is 0 Å². The Bertz CT molecular complexity index is 1330. The Labute approximate surface area is 188 Å². The van der Waals surface area contributed by atoms with Gasteiger partial charge < -0.3 is 5.32 Å². The lowest BCUT2D eigenvalue weighted by Crippen LogP contribution is -2.30. The summed E-state index contributed by atoms with van der Waals surface area (Å²) in [5, 5.41) is 7.32. The molecule has 0 bridgehead atoms. The first-order chi connectivity index (χ1) is 15.3. The fourth-order valence-electron chi connectivity index (χ4n) is 4.86. The Kier molecular flexibility index (Phi) is 5.04. The lowest BCUT2D eigenvalue weighted by Gasteiger charge is -2.19. The molecule has 1 aliphatic heterocycles. The van der Waals surface area contributed by atoms with E-state index < -0.39 is 10.0 Å². The van der Waals surface area contributed by atoms with E-state index in [1.54, 1.807) is 13.8 Å². The minimum atomic E-state index is -3.78. The molecule has 0 unspecified atom stereocenters. The average molecular weight is 451 g/mol. The number of fused-ring (bicyclic) bond motifs is 2. The van der Waals surface area contributed by atoms with Gasteiger partial charge in [-0.3, -0.25) is 13.8 Å². The van der Waals surface area contributed by atoms with Gasteiger partial charge in [-0.05, 0) is 74.4 Å². The third-order valence-electron chi connectivity index (χ3n) is 6.38. The second-order valence-electron chi connectivity index (χ2n) is 8.50. The zero-order chi connectivity index (χ0) is 22.5. The van der Waals surface area contributed by atoms with Crippen LogP contribution in [-0.2, 0) is 40.6 Å². The number of carbonyl (C=O) groups is 1. The van der Waals surface area contributed by atoms with Crippen molar-refractivity contribution in [3.63, 3.8) is 0 Å². The number of aromatic nitrogens is 2. The molecule has 0 saturated heterocycles. The van der Waals surface area contributed by atoms with E-state index in [1.165, 1.54) is 20.1 Å². The van der Waals surface area contributed by atoms with E-state index >= 15 is 0 Å². The first kappa shape index (κ1) is 20.8. The standard InChI is InChI=1S/C24H26N4O3S/c1-16-24(32(30,31)28-13-12-19-6-3-4-9-22(19)28)17(2)27(26-16)15-23(29)25-21-11-10-18-7-5-8-20(18)14-21/h3-4,6,9-11,14H,5,7-8,12-13,15H2,1-2H3,(H,25,29). The van der Waals surface area contributed by atoms with Crippen LogP contribution in [0.15, 0.2) is 47.4 Å². The fraction of sp³-hybridized carbons (Fsp3) is 0.333. The van der Waals surface area contributed by atoms with Crippen molar-refractivity contribution in [1.82, 2.24) is 9.78 Å². The largest absolute Gasteiger partial charge is 0.324 e. The molecule has 1 aromatic heterocycles. The van der Waals surface area contributed by atoms with E-state index in [-0.39, 0.29) is 17.3 Å². The Morgan fingerprint density at radius 3 is 2.66 bits per heavy atom. The zero-order valence-corrected chi connectivity index (χ0v) is 19.1. The summed E-state index contributed by atoms with van der Waals surface area (Å²) in [5.41, 5.74) is 6.00. The number of anilines is 2. The molecule has 166 valence electrons. The molecule has 0 atom stereocenters. The summed E-state index contributed by atoms with van der Waals surface area (Å²) in [4.78, 5) is 12.9. The van der Waals surface area contributed by atoms with E-state index in [0.29, 0.717) is 30.0 Å². The van der Waals surface area contributed by atoms with Crippen LogP contribution in [0.3, 0.4) is 0 Å². The Morgan fingerprint density at radius 2 is 1.81 bits per heavy atom. The molecule has 1 aliphatic carbocycles. The van der Waals surface area contributed by atoms with Gasteiger partial charge in [-0.25, -0.2) is 8.42 Å². The quantitative estimate of drug-likeness (QED) is 0.646. The highest BCUT2D eigenvalue weighted by molar-refractivity contribution is 7.93. The maximum atomic E-state index is 13.5. The third kappa shape index (κ3) is 3.48. The summed E-state index contributed by atoms with van der Waals surface area (Å²) < 4.78 is 30.0. The molecule has 5 rings (SSSR count). The molecule has 0 spiro atoms. The number of nitrogens with zero attached hydrogens (tertiary/aromatic N) is 3. The van der Waals surface area contributed by atoms with Crippen LogP contribution in [0.25, 0.3) is 0 Å². The van der Waals surface area contributed by atoms with Gasteiger partial charge in [0, 0.05) is 12.2 Å². The molecule has 8 heteroatoms. The maximum absolute atomic E-state index is 13.5. The molecule has 1 amide bonds. The number of sulfonamides is 1. The van der Waals surface area contributed by atoms with E-state index in [2.05, 4.69) is 16.5 Å². The van der Waals surface area contributed by atoms with Crippen LogP contribution < -0.4 is 9.62 Å². The van der Waals surface area contributed by atoms with Crippen molar-refractivity contribution in [3.8, 4) is 0 Å². The average Bonchev–Trinajstić information content (AvgIpc) is 3.45. The van der Waals surface area contributed by atoms with E-state index in [9.17, 15) is 13.2 Å². The van der Waals surface area contributed by atoms with Gasteiger partial charge in [0.1, 0.15) is 11.4 Å². The number of carbonyl (C=O) groups excluding carboxylic acids is 1. The summed E-state index contributed by atoms with van der Waals surface area (Å²) in [6.45, 7) is 3.74. The summed E-state index contributed by atoms with van der Waals surface area (Å²) >= 11 is 0. The number of benzene rings is 2. The Hall–Kier alpha value is -3.13. The third-order valence-corrected chi connectivity index (χ3v) is 8.45. The molecular weight excluding hydrogens is 424 g/mol. The van der Waals surface area contributed by atoms with Crippen LogP contribution >= 0.6 is 0 Å². The van der Waals surface area contributed by atoms with Crippen molar-refractivity contribution in [2.75, 3.05) is 16.2 Å². The highest BCUT2D eigenvalue weighted by Gasteiger charge is 2.35. The van der Waals surface area contributed by atoms with Crippen LogP contribution in [-0.4, -0.2) is 30.7 Å². The van der Waals surface area contributed by atoms with Gasteiger partial charge >= 0.3 is 0 Å². The number of amides is 1. The van der Waals surface area contributed by atoms with E-state index in [0.717, 1.165) is 30.5 Å². The van der Waals surface area contributed by atoms with Gasteiger partial charge in [0.15, 0.2) is 0 Å². The van der Waals surface area contributed by atoms with Gasteiger partial charge in [0.2, 0.25) is 5.91 Å². The smallest absolute Gasteiger partial charge is 0.268 e. The number of hydrogen-bond acceptors (Lipinski definition) is 4. The Balaban J connectivity index is 1.38. The lowest BCUT2D eigenvalue weighted by atomic mass is 10.1. The molecule has 0 fully saturated rings. The topological polar surface area (TPSA) is 84.3 Å². The second-order valence-corrected chi connectivity index (χ2v) is 10.3. The van der Waals surface area contributed by atoms with Gasteiger partial charge in [0.25, 0.3) is 10.0 Å². The highest BCUT2D eigenvalue weighted by Crippen LogP contribution is 2.34. The van der Waals surface area contributed by atoms with E-state index in [1.807, 2.05) is 36.4 Å². The molecule has 1 N–H and O–H groups in total. The second kappa shape index (κ2) is 7.78. The molecule has 2 aromatic carbocycles. The number of aryl methyl sites for hydroxylation is 3. The molecule has 2 heterocycles. The molecular formula is C24H26N4O3S. The van der Waals surface area contributed by atoms with Crippen LogP contribution in [0.4, 0.5) is 11.4 Å². The highest BCUT2D eigenvalue weighted by atomic mass is 32.2. The zero-order valence-electron chi connectivity index (χ0n) is 18.3. The molecule has 7 nitrogen and oxygen atoms in total. The molecule has 2 aliphatic rings.